The monoisotopic (exact) mass is 376 g/mol. The van der Waals surface area contributed by atoms with Crippen LogP contribution >= 0.6 is 27.5 Å². The zero-order chi connectivity index (χ0) is 15.0. The van der Waals surface area contributed by atoms with E-state index < -0.39 is 0 Å². The van der Waals surface area contributed by atoms with Gasteiger partial charge in [-0.05, 0) is 28.9 Å². The lowest BCUT2D eigenvalue weighted by atomic mass is 10.3. The van der Waals surface area contributed by atoms with Crippen molar-refractivity contribution in [3.05, 3.63) is 28.2 Å². The fourth-order valence-corrected chi connectivity index (χ4v) is 2.98. The van der Waals surface area contributed by atoms with Crippen LogP contribution in [-0.2, 0) is 16.0 Å². The Kier molecular flexibility index (Phi) is 4.49. The first-order valence-electron chi connectivity index (χ1n) is 6.75. The predicted molar refractivity (Wildman–Crippen MR) is 82.2 cm³/mol. The fourth-order valence-electron chi connectivity index (χ4n) is 2.48. The van der Waals surface area contributed by atoms with Crippen LogP contribution in [0.1, 0.15) is 18.1 Å². The molecule has 7 heteroatoms. The van der Waals surface area contributed by atoms with Crippen LogP contribution in [0, 0.1) is 5.82 Å². The lowest BCUT2D eigenvalue weighted by Crippen LogP contribution is -2.32. The second-order valence-electron chi connectivity index (χ2n) is 5.02. The number of halogens is 3. The van der Waals surface area contributed by atoms with Crippen LogP contribution in [0.2, 0.25) is 0 Å². The number of aromatic nitrogens is 2. The van der Waals surface area contributed by atoms with Gasteiger partial charge < -0.3 is 14.0 Å². The molecule has 0 spiro atoms. The molecular formula is C14H15BrClFN2O2. The maximum absolute atomic E-state index is 13.8. The van der Waals surface area contributed by atoms with Gasteiger partial charge in [-0.2, -0.15) is 0 Å². The molecule has 114 valence electrons. The van der Waals surface area contributed by atoms with Crippen LogP contribution in [0.3, 0.4) is 0 Å². The number of hydrogen-bond donors (Lipinski definition) is 0. The molecule has 1 fully saturated rings. The minimum atomic E-state index is -0.321. The summed E-state index contributed by atoms with van der Waals surface area (Å²) >= 11 is 9.40. The van der Waals surface area contributed by atoms with Gasteiger partial charge in [0.2, 0.25) is 0 Å². The summed E-state index contributed by atoms with van der Waals surface area (Å²) in [7, 11) is 0. The number of benzene rings is 1. The van der Waals surface area contributed by atoms with E-state index in [0.29, 0.717) is 47.7 Å². The highest BCUT2D eigenvalue weighted by atomic mass is 79.9. The normalized spacial score (nSPS) is 20.9. The van der Waals surface area contributed by atoms with E-state index in [2.05, 4.69) is 20.9 Å². The standard InChI is InChI=1S/C14H15BrClFN2O2/c1-8(16)14-18-12-4-10(15)11(17)5-13(12)19(14)6-9-7-20-2-3-21-9/h4-5,8-9H,2-3,6-7H2,1H3. The average Bonchev–Trinajstić information content (AvgIpc) is 2.79. The van der Waals surface area contributed by atoms with Gasteiger partial charge in [-0.25, -0.2) is 9.37 Å². The fraction of sp³-hybridized carbons (Fsp3) is 0.500. The summed E-state index contributed by atoms with van der Waals surface area (Å²) in [6, 6.07) is 3.14. The van der Waals surface area contributed by atoms with Gasteiger partial charge in [0.15, 0.2) is 0 Å². The highest BCUT2D eigenvalue weighted by Gasteiger charge is 2.21. The first-order chi connectivity index (χ1) is 10.1. The summed E-state index contributed by atoms with van der Waals surface area (Å²) in [4.78, 5) is 4.52. The highest BCUT2D eigenvalue weighted by molar-refractivity contribution is 9.10. The summed E-state index contributed by atoms with van der Waals surface area (Å²) in [6.07, 6.45) is -0.0722. The Hall–Kier alpha value is -0.690. The van der Waals surface area contributed by atoms with Crippen LogP contribution in [0.4, 0.5) is 4.39 Å². The van der Waals surface area contributed by atoms with Crippen molar-refractivity contribution in [1.82, 2.24) is 9.55 Å². The Morgan fingerprint density at radius 1 is 1.52 bits per heavy atom. The molecule has 0 bridgehead atoms. The van der Waals surface area contributed by atoms with Gasteiger partial charge in [-0.3, -0.25) is 0 Å². The van der Waals surface area contributed by atoms with Crippen LogP contribution in [0.5, 0.6) is 0 Å². The summed E-state index contributed by atoms with van der Waals surface area (Å²) in [6.45, 7) is 4.10. The first-order valence-corrected chi connectivity index (χ1v) is 7.98. The molecule has 1 aromatic heterocycles. The third-order valence-corrected chi connectivity index (χ3v) is 4.25. The Morgan fingerprint density at radius 2 is 2.33 bits per heavy atom. The number of ether oxygens (including phenoxy) is 2. The summed E-state index contributed by atoms with van der Waals surface area (Å²) < 4.78 is 27.2. The molecule has 2 unspecified atom stereocenters. The van der Waals surface area contributed by atoms with Gasteiger partial charge >= 0.3 is 0 Å². The molecule has 4 nitrogen and oxygen atoms in total. The van der Waals surface area contributed by atoms with Crippen molar-refractivity contribution < 1.29 is 13.9 Å². The van der Waals surface area contributed by atoms with Gasteiger partial charge in [-0.15, -0.1) is 11.6 Å². The SMILES string of the molecule is CC(Cl)c1nc2cc(Br)c(F)cc2n1CC1COCCO1. The summed E-state index contributed by atoms with van der Waals surface area (Å²) in [5.41, 5.74) is 1.43. The molecule has 0 amide bonds. The predicted octanol–water partition coefficient (Wildman–Crippen LogP) is 3.65. The van der Waals surface area contributed by atoms with E-state index in [4.69, 9.17) is 21.1 Å². The molecule has 0 saturated carbocycles. The zero-order valence-electron chi connectivity index (χ0n) is 11.5. The van der Waals surface area contributed by atoms with Crippen LogP contribution < -0.4 is 0 Å². The summed E-state index contributed by atoms with van der Waals surface area (Å²) in [5.74, 6) is 0.386. The lowest BCUT2D eigenvalue weighted by molar-refractivity contribution is -0.0934. The third-order valence-electron chi connectivity index (χ3n) is 3.45. The smallest absolute Gasteiger partial charge is 0.139 e. The third kappa shape index (κ3) is 3.08. The van der Waals surface area contributed by atoms with Crippen molar-refractivity contribution in [3.8, 4) is 0 Å². The summed E-state index contributed by atoms with van der Waals surface area (Å²) in [5, 5.41) is -0.274. The minimum absolute atomic E-state index is 0.0722. The number of imidazole rings is 1. The Balaban J connectivity index is 2.04. The Labute approximate surface area is 135 Å². The van der Waals surface area contributed by atoms with Gasteiger partial charge in [0.25, 0.3) is 0 Å². The van der Waals surface area contributed by atoms with Gasteiger partial charge in [-0.1, -0.05) is 0 Å². The molecule has 1 aliphatic rings. The number of hydrogen-bond acceptors (Lipinski definition) is 3. The van der Waals surface area contributed by atoms with Crippen LogP contribution in [0.15, 0.2) is 16.6 Å². The molecule has 3 rings (SSSR count). The van der Waals surface area contributed by atoms with E-state index >= 15 is 0 Å². The second kappa shape index (κ2) is 6.20. The van der Waals surface area contributed by atoms with E-state index in [-0.39, 0.29) is 17.3 Å². The quantitative estimate of drug-likeness (QED) is 0.766. The molecule has 0 radical (unpaired) electrons. The molecule has 2 heterocycles. The van der Waals surface area contributed by atoms with Crippen molar-refractivity contribution in [2.75, 3.05) is 19.8 Å². The van der Waals surface area contributed by atoms with Crippen LogP contribution in [-0.4, -0.2) is 35.5 Å². The second-order valence-corrected chi connectivity index (χ2v) is 6.53. The number of alkyl halides is 1. The van der Waals surface area contributed by atoms with Crippen molar-refractivity contribution >= 4 is 38.6 Å². The van der Waals surface area contributed by atoms with Crippen molar-refractivity contribution in [2.45, 2.75) is 24.9 Å². The topological polar surface area (TPSA) is 36.3 Å². The first kappa shape index (κ1) is 15.2. The maximum atomic E-state index is 13.8. The molecule has 0 aliphatic carbocycles. The maximum Gasteiger partial charge on any atom is 0.139 e. The zero-order valence-corrected chi connectivity index (χ0v) is 13.8. The van der Waals surface area contributed by atoms with Crippen molar-refractivity contribution in [1.29, 1.82) is 0 Å². The lowest BCUT2D eigenvalue weighted by Gasteiger charge is -2.24. The van der Waals surface area contributed by atoms with E-state index in [0.717, 1.165) is 0 Å². The van der Waals surface area contributed by atoms with E-state index in [1.165, 1.54) is 6.07 Å². The van der Waals surface area contributed by atoms with Gasteiger partial charge in [0.05, 0.1) is 53.4 Å². The van der Waals surface area contributed by atoms with Crippen LogP contribution in [0.25, 0.3) is 11.0 Å². The van der Waals surface area contributed by atoms with Gasteiger partial charge in [0, 0.05) is 6.07 Å². The molecule has 21 heavy (non-hydrogen) atoms. The number of rotatable bonds is 3. The average molecular weight is 378 g/mol. The number of fused-ring (bicyclic) bond motifs is 1. The Bertz CT molecular complexity index is 656. The number of nitrogens with zero attached hydrogens (tertiary/aromatic N) is 2. The molecule has 1 aliphatic heterocycles. The van der Waals surface area contributed by atoms with E-state index in [1.54, 1.807) is 6.07 Å². The molecule has 1 aromatic carbocycles. The van der Waals surface area contributed by atoms with E-state index in [9.17, 15) is 4.39 Å². The minimum Gasteiger partial charge on any atom is -0.376 e. The highest BCUT2D eigenvalue weighted by Crippen LogP contribution is 2.29. The largest absolute Gasteiger partial charge is 0.376 e. The Morgan fingerprint density at radius 3 is 3.00 bits per heavy atom. The molecule has 1 saturated heterocycles. The molecule has 2 atom stereocenters. The van der Waals surface area contributed by atoms with Crippen molar-refractivity contribution in [3.63, 3.8) is 0 Å². The molecular weight excluding hydrogens is 363 g/mol. The van der Waals surface area contributed by atoms with Crippen molar-refractivity contribution in [2.24, 2.45) is 0 Å². The molecule has 2 aromatic rings. The van der Waals surface area contributed by atoms with E-state index in [1.807, 2.05) is 11.5 Å². The van der Waals surface area contributed by atoms with Gasteiger partial charge in [0.1, 0.15) is 11.6 Å². The molecule has 0 N–H and O–H groups in total.